The summed E-state index contributed by atoms with van der Waals surface area (Å²) in [5.41, 5.74) is 3.32. The van der Waals surface area contributed by atoms with E-state index in [1.165, 1.54) is 0 Å². The minimum Gasteiger partial charge on any atom is -0.481 e. The summed E-state index contributed by atoms with van der Waals surface area (Å²) in [5, 5.41) is 9.20. The Hall–Kier alpha value is -2.71. The molecule has 0 unspecified atom stereocenters. The number of hydrogen-bond acceptors (Lipinski definition) is 4. The number of rotatable bonds is 4. The van der Waals surface area contributed by atoms with E-state index in [2.05, 4.69) is 0 Å². The molecule has 1 heterocycles. The molecule has 0 fully saturated rings. The molecule has 27 heavy (non-hydrogen) atoms. The Morgan fingerprint density at radius 2 is 1.70 bits per heavy atom. The molecule has 0 saturated heterocycles. The van der Waals surface area contributed by atoms with Crippen LogP contribution in [0, 0.1) is 0 Å². The fraction of sp³-hybridized carbons (Fsp3) is 0.263. The van der Waals surface area contributed by atoms with Crippen molar-refractivity contribution in [3.05, 3.63) is 65.2 Å². The number of carboxylic acids is 1. The predicted molar refractivity (Wildman–Crippen MR) is 102 cm³/mol. The highest BCUT2D eigenvalue weighted by Gasteiger charge is 2.28. The van der Waals surface area contributed by atoms with Gasteiger partial charge in [-0.1, -0.05) is 37.3 Å². The van der Waals surface area contributed by atoms with E-state index in [0.29, 0.717) is 19.2 Å². The molecule has 1 amide bonds. The minimum atomic E-state index is -3.67. The van der Waals surface area contributed by atoms with Crippen LogP contribution in [0.15, 0.2) is 48.5 Å². The first-order valence-corrected chi connectivity index (χ1v) is 10.1. The number of carbonyl (C=O) groups excluding carboxylic acids is 1. The number of carboxylic acid groups (broad SMARTS) is 1. The molecule has 0 aliphatic carbocycles. The average Bonchev–Trinajstić information content (AvgIpc) is 2.92. The lowest BCUT2D eigenvalue weighted by molar-refractivity contribution is -0.138. The van der Waals surface area contributed by atoms with Crippen LogP contribution in [0.5, 0.6) is 0 Å². The van der Waals surface area contributed by atoms with Crippen LogP contribution >= 0.6 is 0 Å². The van der Waals surface area contributed by atoms with E-state index >= 15 is 0 Å². The van der Waals surface area contributed by atoms with Gasteiger partial charge in [0.1, 0.15) is 0 Å². The highest BCUT2D eigenvalue weighted by molar-refractivity contribution is 7.85. The Balaban J connectivity index is 0.000000465. The van der Waals surface area contributed by atoms with Crippen LogP contribution in [-0.4, -0.2) is 36.2 Å². The zero-order valence-electron chi connectivity index (χ0n) is 15.0. The maximum atomic E-state index is 12.4. The van der Waals surface area contributed by atoms with Crippen molar-refractivity contribution in [3.8, 4) is 0 Å². The molecule has 0 bridgehead atoms. The lowest BCUT2D eigenvalue weighted by Crippen LogP contribution is -2.23. The van der Waals surface area contributed by atoms with Crippen molar-refractivity contribution in [2.45, 2.75) is 25.8 Å². The van der Waals surface area contributed by atoms with Crippen molar-refractivity contribution in [3.63, 3.8) is 0 Å². The average molecular weight is 391 g/mol. The summed E-state index contributed by atoms with van der Waals surface area (Å²) >= 11 is 0. The van der Waals surface area contributed by atoms with Crippen molar-refractivity contribution in [2.75, 3.05) is 11.2 Å². The van der Waals surface area contributed by atoms with E-state index in [4.69, 9.17) is 4.55 Å². The summed E-state index contributed by atoms with van der Waals surface area (Å²) in [6.45, 7) is 2.41. The Bertz CT molecular complexity index is 929. The smallest absolute Gasteiger partial charge is 0.310 e. The van der Waals surface area contributed by atoms with Crippen LogP contribution in [0.25, 0.3) is 0 Å². The summed E-state index contributed by atoms with van der Waals surface area (Å²) in [6, 6.07) is 14.8. The van der Waals surface area contributed by atoms with Gasteiger partial charge < -0.3 is 10.0 Å². The second-order valence-electron chi connectivity index (χ2n) is 6.17. The SMILES string of the molecule is CC[C@H](C(=O)O)c1ccc(N2Cc3ccccc3C2=O)cc1.CS(=O)(=O)O. The Morgan fingerprint density at radius 1 is 1.15 bits per heavy atom. The molecule has 0 aromatic heterocycles. The second kappa shape index (κ2) is 8.32. The van der Waals surface area contributed by atoms with Gasteiger partial charge in [0.2, 0.25) is 0 Å². The van der Waals surface area contributed by atoms with Crippen molar-refractivity contribution in [1.82, 2.24) is 0 Å². The summed E-state index contributed by atoms with van der Waals surface area (Å²) in [4.78, 5) is 25.3. The minimum absolute atomic E-state index is 0.00590. The van der Waals surface area contributed by atoms with E-state index in [-0.39, 0.29) is 5.91 Å². The molecule has 7 nitrogen and oxygen atoms in total. The Morgan fingerprint density at radius 3 is 2.19 bits per heavy atom. The van der Waals surface area contributed by atoms with Crippen molar-refractivity contribution in [1.29, 1.82) is 0 Å². The molecular weight excluding hydrogens is 370 g/mol. The lowest BCUT2D eigenvalue weighted by Gasteiger charge is -2.17. The van der Waals surface area contributed by atoms with Gasteiger partial charge >= 0.3 is 5.97 Å². The second-order valence-corrected chi connectivity index (χ2v) is 7.64. The normalized spacial score (nSPS) is 14.2. The number of anilines is 1. The zero-order valence-corrected chi connectivity index (χ0v) is 15.8. The van der Waals surface area contributed by atoms with Gasteiger partial charge in [-0.15, -0.1) is 0 Å². The first kappa shape index (κ1) is 20.6. The summed E-state index contributed by atoms with van der Waals surface area (Å²) in [5.74, 6) is -1.32. The van der Waals surface area contributed by atoms with Crippen molar-refractivity contribution in [2.24, 2.45) is 0 Å². The molecule has 2 N–H and O–H groups in total. The van der Waals surface area contributed by atoms with E-state index in [9.17, 15) is 23.1 Å². The quantitative estimate of drug-likeness (QED) is 0.775. The van der Waals surface area contributed by atoms with Crippen LogP contribution in [0.2, 0.25) is 0 Å². The number of amides is 1. The van der Waals surface area contributed by atoms with E-state index < -0.39 is 22.0 Å². The third kappa shape index (κ3) is 5.38. The molecule has 1 atom stereocenters. The zero-order chi connectivity index (χ0) is 20.2. The van der Waals surface area contributed by atoms with Gasteiger partial charge in [-0.05, 0) is 35.7 Å². The predicted octanol–water partition coefficient (Wildman–Crippen LogP) is 2.93. The Labute approximate surface area is 158 Å². The number of nitrogens with zero attached hydrogens (tertiary/aromatic N) is 1. The van der Waals surface area contributed by atoms with Crippen molar-refractivity contribution >= 4 is 27.7 Å². The van der Waals surface area contributed by atoms with Crippen LogP contribution in [0.4, 0.5) is 5.69 Å². The molecule has 2 aromatic rings. The molecule has 8 heteroatoms. The van der Waals surface area contributed by atoms with Crippen molar-refractivity contribution < 1.29 is 27.7 Å². The maximum absolute atomic E-state index is 12.4. The van der Waals surface area contributed by atoms with E-state index in [1.807, 2.05) is 43.3 Å². The van der Waals surface area contributed by atoms with Crippen LogP contribution in [-0.2, 0) is 21.5 Å². The Kier molecular flexibility index (Phi) is 6.35. The molecular formula is C19H21NO6S. The monoisotopic (exact) mass is 391 g/mol. The fourth-order valence-electron chi connectivity index (χ4n) is 2.90. The van der Waals surface area contributed by atoms with Gasteiger partial charge in [0.25, 0.3) is 16.0 Å². The van der Waals surface area contributed by atoms with E-state index in [1.54, 1.807) is 17.0 Å². The van der Waals surface area contributed by atoms with Gasteiger partial charge in [0.15, 0.2) is 0 Å². The molecule has 1 aliphatic rings. The fourth-order valence-corrected chi connectivity index (χ4v) is 2.90. The molecule has 3 rings (SSSR count). The number of fused-ring (bicyclic) bond motifs is 1. The van der Waals surface area contributed by atoms with Gasteiger partial charge in [-0.3, -0.25) is 14.1 Å². The topological polar surface area (TPSA) is 112 Å². The third-order valence-corrected chi connectivity index (χ3v) is 4.13. The van der Waals surface area contributed by atoms with Crippen LogP contribution in [0.3, 0.4) is 0 Å². The highest BCUT2D eigenvalue weighted by atomic mass is 32.2. The van der Waals surface area contributed by atoms with Gasteiger partial charge in [-0.2, -0.15) is 8.42 Å². The maximum Gasteiger partial charge on any atom is 0.310 e. The number of aliphatic carboxylic acids is 1. The number of hydrogen-bond donors (Lipinski definition) is 2. The lowest BCUT2D eigenvalue weighted by atomic mass is 9.96. The van der Waals surface area contributed by atoms with Crippen LogP contribution in [0.1, 0.15) is 40.7 Å². The summed E-state index contributed by atoms with van der Waals surface area (Å²) < 4.78 is 25.9. The molecule has 0 saturated carbocycles. The number of benzene rings is 2. The first-order chi connectivity index (χ1) is 12.6. The molecule has 144 valence electrons. The molecule has 2 aromatic carbocycles. The third-order valence-electron chi connectivity index (χ3n) is 4.13. The van der Waals surface area contributed by atoms with Gasteiger partial charge in [0.05, 0.1) is 18.7 Å². The summed E-state index contributed by atoms with van der Waals surface area (Å²) in [7, 11) is -3.67. The van der Waals surface area contributed by atoms with Gasteiger partial charge in [-0.25, -0.2) is 0 Å². The summed E-state index contributed by atoms with van der Waals surface area (Å²) in [6.07, 6.45) is 1.26. The molecule has 1 aliphatic heterocycles. The standard InChI is InChI=1S/C18H17NO3.CH4O3S/c1-2-15(18(21)22)12-7-9-14(10-8-12)19-11-13-5-3-4-6-16(13)17(19)20;1-5(2,3)4/h3-10,15H,2,11H2,1H3,(H,21,22);1H3,(H,2,3,4)/t15-;/m0./s1. The van der Waals surface area contributed by atoms with Gasteiger partial charge in [0, 0.05) is 11.3 Å². The van der Waals surface area contributed by atoms with E-state index in [0.717, 1.165) is 22.4 Å². The molecule has 0 radical (unpaired) electrons. The highest BCUT2D eigenvalue weighted by Crippen LogP contribution is 2.29. The number of carbonyl (C=O) groups is 2. The first-order valence-electron chi connectivity index (χ1n) is 8.26. The molecule has 0 spiro atoms. The largest absolute Gasteiger partial charge is 0.481 e. The van der Waals surface area contributed by atoms with Crippen LogP contribution < -0.4 is 4.90 Å².